The van der Waals surface area contributed by atoms with Crippen molar-refractivity contribution in [3.05, 3.63) is 209 Å². The number of carbonyl (C=O) groups excluding carboxylic acids is 2. The van der Waals surface area contributed by atoms with Gasteiger partial charge in [0, 0.05) is 5.92 Å². The lowest BCUT2D eigenvalue weighted by Gasteiger charge is -2.55. The molecule has 17 rings (SSSR count). The monoisotopic (exact) mass is 1800 g/mol. The van der Waals surface area contributed by atoms with Gasteiger partial charge < -0.3 is 48.1 Å². The lowest BCUT2D eigenvalue weighted by atomic mass is 9.49. The van der Waals surface area contributed by atoms with Crippen LogP contribution in [0.2, 0.25) is 0 Å². The minimum Gasteiger partial charge on any atom is -0.508 e. The molecule has 10 aliphatic carbocycles. The summed E-state index contributed by atoms with van der Waals surface area (Å²) in [6.07, 6.45) is 36.0. The van der Waals surface area contributed by atoms with E-state index in [1.165, 1.54) is 155 Å². The van der Waals surface area contributed by atoms with Gasteiger partial charge in [-0.15, -0.1) is 0 Å². The Morgan fingerprint density at radius 3 is 1.05 bits per heavy atom. The van der Waals surface area contributed by atoms with Crippen molar-refractivity contribution in [1.82, 2.24) is 0 Å². The lowest BCUT2D eigenvalue weighted by Crippen LogP contribution is -2.51. The molecule has 0 spiro atoms. The van der Waals surface area contributed by atoms with Gasteiger partial charge in [-0.05, 0) is 401 Å². The van der Waals surface area contributed by atoms with Crippen molar-refractivity contribution in [3.63, 3.8) is 0 Å². The van der Waals surface area contributed by atoms with E-state index in [1.807, 2.05) is 95.3 Å². The molecule has 0 radical (unpaired) electrons. The summed E-state index contributed by atoms with van der Waals surface area (Å²) in [4.78, 5) is 25.4. The fourth-order valence-electron chi connectivity index (χ4n) is 22.5. The summed E-state index contributed by atoms with van der Waals surface area (Å²) in [7, 11) is 0. The number of hydrogen-bond donors (Lipinski definition) is 2. The first-order valence-corrected chi connectivity index (χ1v) is 52.2. The van der Waals surface area contributed by atoms with Crippen LogP contribution in [0.4, 0.5) is 0 Å². The minimum absolute atomic E-state index is 0.00814. The topological polar surface area (TPSA) is 148 Å². The molecular weight excluding hydrogens is 1620 g/mol. The van der Waals surface area contributed by atoms with Crippen LogP contribution in [0.25, 0.3) is 0 Å². The minimum atomic E-state index is -0.237. The number of hydrogen-bond acceptors (Lipinski definition) is 12. The summed E-state index contributed by atoms with van der Waals surface area (Å²) in [5, 5.41) is 18.0. The van der Waals surface area contributed by atoms with Crippen LogP contribution in [0, 0.1) is 70.0 Å². The highest BCUT2D eigenvalue weighted by molar-refractivity contribution is 5.80. The largest absolute Gasteiger partial charge is 0.508 e. The molecule has 0 aromatic heterocycles. The standard InChI is InChI=1S/C24H36O2.C21H28O2.C20H32O2.C18H24O2.C16H26O2.2C10H14O/c1-5-16(4)17-9-11-19(12-10-17)25-24(15(2)3)26-23-14-18-13-22(23)21-8-6-7-20(18)21;1-3-14(2)18-4-6-19(7-5-18)23-20(22)21-11-15-8-16(12-21)10-17(9-15)13-21;1-4-16(2)19-10-12-20(13-11-19)22-17(3)21-15-14-18-8-6-5-7-9-18;1-3-13(2)15-4-6-16(7-5-15)20-17(19)18-10-8-14(12-18)9-11-18;1-7-12(2)14-8-10-15(11-9-14)17-13(3)18-16(4,5)6;2*1-3-8(2)9-4-6-10(11)7-5-9/h9-12,15-16,18,20-24H,5-8,13-14H2,1-4H3;4-7,14-17H,3,8-13H2,1-2H3;10-13,16-18H,4-9,14-15H2,1-3H3;4-7,13-14H,3,8-12H2,1-2H3;8-13H,7H2,1-6H3;2*4-8,11H,3H2,1-2H3. The van der Waals surface area contributed by atoms with Gasteiger partial charge in [-0.3, -0.25) is 9.59 Å². The normalized spacial score (nSPS) is 25.2. The fraction of sp³-hybridized carbons (Fsp3) is 0.630. The number of esters is 2. The molecule has 7 aromatic rings. The Kier molecular flexibility index (Phi) is 41.3. The van der Waals surface area contributed by atoms with Crippen molar-refractivity contribution in [3.8, 4) is 40.2 Å². The number of phenolic OH excluding ortho intramolecular Hbond substituents is 2. The predicted molar refractivity (Wildman–Crippen MR) is 540 cm³/mol. The molecular formula is C119H174O12. The van der Waals surface area contributed by atoms with Gasteiger partial charge in [0.1, 0.15) is 40.2 Å². The molecule has 15 unspecified atom stereocenters. The van der Waals surface area contributed by atoms with E-state index in [4.69, 9.17) is 48.1 Å². The maximum Gasteiger partial charge on any atom is 0.317 e. The number of phenols is 2. The van der Waals surface area contributed by atoms with Crippen molar-refractivity contribution in [2.24, 2.45) is 70.0 Å². The van der Waals surface area contributed by atoms with E-state index in [0.29, 0.717) is 70.7 Å². The molecule has 12 heteroatoms. The van der Waals surface area contributed by atoms with Crippen LogP contribution in [0.1, 0.15) is 412 Å². The Morgan fingerprint density at radius 1 is 0.359 bits per heavy atom. The summed E-state index contributed by atoms with van der Waals surface area (Å²) in [5.41, 5.74) is 8.85. The van der Waals surface area contributed by atoms with E-state index in [2.05, 4.69) is 196 Å². The van der Waals surface area contributed by atoms with Crippen LogP contribution in [0.15, 0.2) is 170 Å². The highest BCUT2D eigenvalue weighted by Gasteiger charge is 2.57. The average Bonchev–Trinajstić information content (AvgIpc) is 1.73. The second-order valence-electron chi connectivity index (χ2n) is 42.9. The van der Waals surface area contributed by atoms with Gasteiger partial charge in [0.15, 0.2) is 12.6 Å². The number of ether oxygens (including phenoxy) is 8. The maximum atomic E-state index is 12.9. The van der Waals surface area contributed by atoms with Crippen molar-refractivity contribution in [1.29, 1.82) is 0 Å². The molecule has 0 aliphatic heterocycles. The molecule has 0 heterocycles. The van der Waals surface area contributed by atoms with Gasteiger partial charge in [-0.2, -0.15) is 0 Å². The summed E-state index contributed by atoms with van der Waals surface area (Å²) in [6.45, 7) is 46.2. The van der Waals surface area contributed by atoms with Gasteiger partial charge in [0.25, 0.3) is 0 Å². The summed E-state index contributed by atoms with van der Waals surface area (Å²) >= 11 is 0. The second-order valence-corrected chi connectivity index (χ2v) is 42.9. The summed E-state index contributed by atoms with van der Waals surface area (Å²) < 4.78 is 47.5. The molecule has 2 N–H and O–H groups in total. The first kappa shape index (κ1) is 105. The predicted octanol–water partition coefficient (Wildman–Crippen LogP) is 32.9. The van der Waals surface area contributed by atoms with Crippen LogP contribution in [-0.4, -0.2) is 59.3 Å². The number of rotatable bonds is 32. The lowest BCUT2D eigenvalue weighted by molar-refractivity contribution is -0.162. The van der Waals surface area contributed by atoms with Gasteiger partial charge in [-0.25, -0.2) is 0 Å². The Balaban J connectivity index is 0.000000161. The SMILES string of the molecule is CCC(C)c1ccc(O)cc1.CCC(C)c1ccc(O)cc1.CCC(C)c1ccc(OC(=O)C23CC4CC(CC(C4)C2)C3)cc1.CCC(C)c1ccc(OC(=O)C23CCC(CC2)C3)cc1.CCC(C)c1ccc(OC(C)OC(C)(C)C)cc1.CCC(C)c1ccc(OC(C)OCCC2CCCCC2)cc1.CCC(C)c1ccc(OC(OC2CC3CC2C2CCCC32)C(C)C)cc1. The fourth-order valence-corrected chi connectivity index (χ4v) is 22.5. The van der Waals surface area contributed by atoms with Crippen molar-refractivity contribution < 1.29 is 57.7 Å². The average molecular weight is 1800 g/mol. The molecule has 10 fully saturated rings. The van der Waals surface area contributed by atoms with Gasteiger partial charge >= 0.3 is 11.9 Å². The molecule has 131 heavy (non-hydrogen) atoms. The third-order valence-corrected chi connectivity index (χ3v) is 31.7. The molecule has 10 aliphatic rings. The van der Waals surface area contributed by atoms with E-state index in [1.54, 1.807) is 24.3 Å². The van der Waals surface area contributed by atoms with Crippen molar-refractivity contribution in [2.75, 3.05) is 6.61 Å². The quantitative estimate of drug-likeness (QED) is 0.0235. The Hall–Kier alpha value is -7.64. The van der Waals surface area contributed by atoms with Gasteiger partial charge in [0.2, 0.25) is 6.29 Å². The van der Waals surface area contributed by atoms with Gasteiger partial charge in [-0.1, -0.05) is 234 Å². The number of carbonyl (C=O) groups is 2. The first-order valence-electron chi connectivity index (χ1n) is 52.2. The Morgan fingerprint density at radius 2 is 0.695 bits per heavy atom. The Bertz CT molecular complexity index is 4310. The summed E-state index contributed by atoms with van der Waals surface area (Å²) in [6, 6.07) is 56.5. The maximum absolute atomic E-state index is 12.9. The molecule has 0 saturated heterocycles. The van der Waals surface area contributed by atoms with Crippen LogP contribution in [-0.2, 0) is 23.8 Å². The van der Waals surface area contributed by atoms with E-state index < -0.39 is 0 Å². The van der Waals surface area contributed by atoms with Crippen LogP contribution in [0.3, 0.4) is 0 Å². The number of fused-ring (bicyclic) bond motifs is 7. The second kappa shape index (κ2) is 51.3. The zero-order valence-corrected chi connectivity index (χ0v) is 85.0. The Labute approximate surface area is 794 Å². The highest BCUT2D eigenvalue weighted by atomic mass is 16.7. The van der Waals surface area contributed by atoms with Crippen LogP contribution >= 0.6 is 0 Å². The molecule has 8 bridgehead atoms. The third kappa shape index (κ3) is 31.5. The molecule has 12 nitrogen and oxygen atoms in total. The molecule has 7 aromatic carbocycles. The van der Waals surface area contributed by atoms with Crippen molar-refractivity contribution >= 4 is 11.9 Å². The third-order valence-electron chi connectivity index (χ3n) is 31.7. The number of aromatic hydroxyl groups is 2. The number of benzene rings is 7. The molecule has 0 amide bonds. The summed E-state index contributed by atoms with van der Waals surface area (Å²) in [5.74, 6) is 17.0. The molecule has 10 saturated carbocycles. The molecule has 15 atom stereocenters. The smallest absolute Gasteiger partial charge is 0.317 e. The first-order chi connectivity index (χ1) is 62.7. The van der Waals surface area contributed by atoms with Gasteiger partial charge in [0.05, 0.1) is 29.1 Å². The molecule has 722 valence electrons. The van der Waals surface area contributed by atoms with Crippen molar-refractivity contribution in [2.45, 2.75) is 404 Å². The van der Waals surface area contributed by atoms with E-state index >= 15 is 0 Å². The van der Waals surface area contributed by atoms with E-state index in [-0.39, 0.29) is 47.2 Å². The van der Waals surface area contributed by atoms with Crippen LogP contribution in [0.5, 0.6) is 40.2 Å². The zero-order chi connectivity index (χ0) is 94.5. The van der Waals surface area contributed by atoms with Crippen LogP contribution < -0.4 is 23.7 Å². The zero-order valence-electron chi connectivity index (χ0n) is 85.0. The van der Waals surface area contributed by atoms with E-state index in [0.717, 1.165) is 153 Å². The highest BCUT2D eigenvalue weighted by Crippen LogP contribution is 2.62. The van der Waals surface area contributed by atoms with E-state index in [9.17, 15) is 9.59 Å².